The average molecular weight is 683 g/mol. The molecule has 0 aliphatic carbocycles. The first kappa shape index (κ1) is 33.7. The van der Waals surface area contributed by atoms with Gasteiger partial charge in [-0.3, -0.25) is 14.5 Å². The predicted octanol–water partition coefficient (Wildman–Crippen LogP) is 7.12. The number of hydrogen-bond donors (Lipinski definition) is 1. The second kappa shape index (κ2) is 13.8. The quantitative estimate of drug-likeness (QED) is 0.204. The fourth-order valence-corrected chi connectivity index (χ4v) is 7.79. The van der Waals surface area contributed by atoms with Crippen LogP contribution in [0.1, 0.15) is 58.4 Å². The molecule has 0 aromatic heterocycles. The number of carbonyl (C=O) groups is 2. The zero-order valence-corrected chi connectivity index (χ0v) is 28.1. The molecule has 3 heterocycles. The van der Waals surface area contributed by atoms with E-state index in [2.05, 4.69) is 46.3 Å². The van der Waals surface area contributed by atoms with E-state index in [1.54, 1.807) is 48.5 Å². The average Bonchev–Trinajstić information content (AvgIpc) is 3.13. The van der Waals surface area contributed by atoms with Crippen LogP contribution >= 0.6 is 0 Å². The number of ether oxygens (including phenoxy) is 1. The molecule has 0 bridgehead atoms. The van der Waals surface area contributed by atoms with Gasteiger partial charge in [-0.2, -0.15) is 13.2 Å². The maximum Gasteiger partial charge on any atom is 0.405 e. The number of para-hydroxylation sites is 2. The molecule has 1 atom stereocenters. The smallest absolute Gasteiger partial charge is 0.405 e. The third-order valence-electron chi connectivity index (χ3n) is 10.5. The van der Waals surface area contributed by atoms with Crippen molar-refractivity contribution in [3.63, 3.8) is 0 Å². The van der Waals surface area contributed by atoms with Gasteiger partial charge in [0.2, 0.25) is 5.91 Å². The number of rotatable bonds is 9. The summed E-state index contributed by atoms with van der Waals surface area (Å²) in [5.41, 5.74) is 3.81. The molecule has 1 fully saturated rings. The second-order valence-electron chi connectivity index (χ2n) is 13.4. The first-order valence-corrected chi connectivity index (χ1v) is 17.3. The van der Waals surface area contributed by atoms with Gasteiger partial charge in [-0.1, -0.05) is 72.8 Å². The van der Waals surface area contributed by atoms with Crippen molar-refractivity contribution >= 4 is 17.5 Å². The van der Waals surface area contributed by atoms with Gasteiger partial charge in [0.15, 0.2) is 0 Å². The van der Waals surface area contributed by atoms with Crippen molar-refractivity contribution in [2.45, 2.75) is 43.8 Å². The summed E-state index contributed by atoms with van der Waals surface area (Å²) in [6, 6.07) is 30.6. The van der Waals surface area contributed by atoms with E-state index in [4.69, 9.17) is 4.74 Å². The number of piperazine rings is 1. The number of nitrogens with one attached hydrogen (secondary N) is 1. The van der Waals surface area contributed by atoms with Crippen LogP contribution in [0, 0.1) is 0 Å². The Hall–Kier alpha value is -4.83. The normalized spacial score (nSPS) is 17.6. The summed E-state index contributed by atoms with van der Waals surface area (Å²) in [4.78, 5) is 34.2. The fourth-order valence-electron chi connectivity index (χ4n) is 7.79. The zero-order valence-electron chi connectivity index (χ0n) is 28.1. The van der Waals surface area contributed by atoms with Gasteiger partial charge >= 0.3 is 6.18 Å². The lowest BCUT2D eigenvalue weighted by Crippen LogP contribution is -2.50. The highest BCUT2D eigenvalue weighted by Gasteiger charge is 2.48. The topological polar surface area (TPSA) is 65.1 Å². The third kappa shape index (κ3) is 6.56. The fraction of sp³-hybridized carbons (Fsp3) is 0.350. The Labute approximate surface area is 290 Å². The zero-order chi connectivity index (χ0) is 34.9. The van der Waals surface area contributed by atoms with Gasteiger partial charge in [0.1, 0.15) is 23.5 Å². The molecule has 50 heavy (non-hydrogen) atoms. The molecule has 1 N–H and O–H groups in total. The number of hydrogen-bond acceptors (Lipinski definition) is 5. The van der Waals surface area contributed by atoms with Crippen LogP contribution < -0.4 is 15.0 Å². The van der Waals surface area contributed by atoms with E-state index in [0.29, 0.717) is 48.6 Å². The number of benzene rings is 4. The Bertz CT molecular complexity index is 1810. The van der Waals surface area contributed by atoms with Crippen molar-refractivity contribution in [3.8, 4) is 11.5 Å². The monoisotopic (exact) mass is 682 g/mol. The lowest BCUT2D eigenvalue weighted by molar-refractivity contribution is -0.141. The molecule has 0 spiro atoms. The minimum Gasteiger partial charge on any atom is -0.457 e. The van der Waals surface area contributed by atoms with Gasteiger partial charge < -0.3 is 19.9 Å². The molecular weight excluding hydrogens is 641 g/mol. The van der Waals surface area contributed by atoms with Crippen molar-refractivity contribution in [1.29, 1.82) is 0 Å². The molecular formula is C40H41F3N4O3. The molecule has 260 valence electrons. The molecule has 1 saturated heterocycles. The largest absolute Gasteiger partial charge is 0.457 e. The van der Waals surface area contributed by atoms with Crippen molar-refractivity contribution in [2.75, 3.05) is 50.7 Å². The number of anilines is 1. The Morgan fingerprint density at radius 2 is 1.50 bits per heavy atom. The Kier molecular flexibility index (Phi) is 9.30. The SMILES string of the molecule is CC(c1ccccc1)N1CCc2ccc(N3CCN(CCCC4(C(=O)NCC(F)(F)F)c5ccccc5Oc5ccccc54)CC3)cc2C1=O. The van der Waals surface area contributed by atoms with Gasteiger partial charge in [0.05, 0.1) is 6.04 Å². The summed E-state index contributed by atoms with van der Waals surface area (Å²) in [6.45, 7) is 5.16. The molecule has 1 unspecified atom stereocenters. The number of fused-ring (bicyclic) bond motifs is 3. The third-order valence-corrected chi connectivity index (χ3v) is 10.5. The van der Waals surface area contributed by atoms with E-state index >= 15 is 0 Å². The van der Waals surface area contributed by atoms with Crippen LogP contribution in [0.3, 0.4) is 0 Å². The Morgan fingerprint density at radius 1 is 0.860 bits per heavy atom. The molecule has 7 rings (SSSR count). The lowest BCUT2D eigenvalue weighted by Gasteiger charge is -2.40. The minimum atomic E-state index is -4.54. The highest BCUT2D eigenvalue weighted by Crippen LogP contribution is 2.50. The van der Waals surface area contributed by atoms with E-state index < -0.39 is 24.0 Å². The molecule has 3 aliphatic rings. The van der Waals surface area contributed by atoms with Gasteiger partial charge in [0, 0.05) is 55.1 Å². The summed E-state index contributed by atoms with van der Waals surface area (Å²) < 4.78 is 46.0. The van der Waals surface area contributed by atoms with Gasteiger partial charge in [0.25, 0.3) is 5.91 Å². The van der Waals surface area contributed by atoms with Gasteiger partial charge in [-0.25, -0.2) is 0 Å². The number of alkyl halides is 3. The molecule has 2 amide bonds. The van der Waals surface area contributed by atoms with Crippen LogP contribution in [0.5, 0.6) is 11.5 Å². The van der Waals surface area contributed by atoms with E-state index in [0.717, 1.165) is 55.0 Å². The van der Waals surface area contributed by atoms with Crippen molar-refractivity contribution in [1.82, 2.24) is 15.1 Å². The molecule has 4 aromatic carbocycles. The van der Waals surface area contributed by atoms with Crippen LogP contribution in [-0.4, -0.2) is 73.6 Å². The first-order valence-electron chi connectivity index (χ1n) is 17.3. The minimum absolute atomic E-state index is 0.0120. The van der Waals surface area contributed by atoms with E-state index in [1.807, 2.05) is 29.2 Å². The number of nitrogens with zero attached hydrogens (tertiary/aromatic N) is 3. The summed E-state index contributed by atoms with van der Waals surface area (Å²) in [5.74, 6) is 0.334. The molecule has 4 aromatic rings. The predicted molar refractivity (Wildman–Crippen MR) is 187 cm³/mol. The first-order chi connectivity index (χ1) is 24.1. The molecule has 10 heteroatoms. The second-order valence-corrected chi connectivity index (χ2v) is 13.4. The summed E-state index contributed by atoms with van der Waals surface area (Å²) >= 11 is 0. The van der Waals surface area contributed by atoms with E-state index in [9.17, 15) is 22.8 Å². The Morgan fingerprint density at radius 3 is 2.16 bits per heavy atom. The van der Waals surface area contributed by atoms with Crippen LogP contribution in [0.2, 0.25) is 0 Å². The number of amides is 2. The van der Waals surface area contributed by atoms with Crippen molar-refractivity contribution in [3.05, 3.63) is 125 Å². The highest BCUT2D eigenvalue weighted by molar-refractivity contribution is 5.98. The summed E-state index contributed by atoms with van der Waals surface area (Å²) in [6.07, 6.45) is -2.81. The van der Waals surface area contributed by atoms with Crippen LogP contribution in [0.15, 0.2) is 97.1 Å². The van der Waals surface area contributed by atoms with Crippen LogP contribution in [0.4, 0.5) is 18.9 Å². The summed E-state index contributed by atoms with van der Waals surface area (Å²) in [7, 11) is 0. The van der Waals surface area contributed by atoms with Gasteiger partial charge in [-0.05, 0) is 68.1 Å². The van der Waals surface area contributed by atoms with Crippen molar-refractivity contribution in [2.24, 2.45) is 0 Å². The standard InChI is InChI=1S/C40H41F3N4O3/c1-28(29-10-3-2-4-11-29)47-21-18-30-16-17-31(26-32(30)37(47)48)46-24-22-45(23-25-46)20-9-19-39(38(49)44-27-40(41,42)43)33-12-5-7-14-35(33)50-36-15-8-6-13-34(36)39/h2-8,10-17,26,28H,9,18-25,27H2,1H3,(H,44,49). The van der Waals surface area contributed by atoms with E-state index in [1.165, 1.54) is 0 Å². The summed E-state index contributed by atoms with van der Waals surface area (Å²) in [5, 5.41) is 2.20. The number of halogens is 3. The maximum absolute atomic E-state index is 13.9. The van der Waals surface area contributed by atoms with Gasteiger partial charge in [-0.15, -0.1) is 0 Å². The maximum atomic E-state index is 13.9. The number of carbonyl (C=O) groups excluding carboxylic acids is 2. The van der Waals surface area contributed by atoms with Crippen LogP contribution in [0.25, 0.3) is 0 Å². The van der Waals surface area contributed by atoms with Crippen molar-refractivity contribution < 1.29 is 27.5 Å². The highest BCUT2D eigenvalue weighted by atomic mass is 19.4. The lowest BCUT2D eigenvalue weighted by atomic mass is 9.68. The Balaban J connectivity index is 1.03. The molecule has 0 saturated carbocycles. The van der Waals surface area contributed by atoms with Crippen LogP contribution in [-0.2, 0) is 16.6 Å². The molecule has 7 nitrogen and oxygen atoms in total. The molecule has 0 radical (unpaired) electrons. The van der Waals surface area contributed by atoms with E-state index in [-0.39, 0.29) is 11.9 Å². The molecule has 3 aliphatic heterocycles.